The van der Waals surface area contributed by atoms with Gasteiger partial charge in [0.25, 0.3) is 5.91 Å². The number of aryl methyl sites for hydroxylation is 1. The fourth-order valence-corrected chi connectivity index (χ4v) is 16.5. The zero-order valence-electron chi connectivity index (χ0n) is 73.0. The van der Waals surface area contributed by atoms with Crippen molar-refractivity contribution in [2.45, 2.75) is 55.4 Å². The molecule has 132 heavy (non-hydrogen) atoms. The van der Waals surface area contributed by atoms with Gasteiger partial charge < -0.3 is 81.0 Å². The topological polar surface area (TPSA) is 621 Å². The van der Waals surface area contributed by atoms with Crippen molar-refractivity contribution in [1.82, 2.24) is 30.3 Å². The van der Waals surface area contributed by atoms with Gasteiger partial charge in [0.2, 0.25) is 27.8 Å². The molecule has 0 radical (unpaired) electrons. The molecule has 1 heterocycles. The summed E-state index contributed by atoms with van der Waals surface area (Å²) in [5, 5.41) is 73.8. The van der Waals surface area contributed by atoms with E-state index >= 15 is 0 Å². The Morgan fingerprint density at radius 3 is 1.36 bits per heavy atom. The third-order valence-corrected chi connectivity index (χ3v) is 25.1. The summed E-state index contributed by atoms with van der Waals surface area (Å²) in [5.41, 5.74) is 10.8. The number of azo groups is 3. The van der Waals surface area contributed by atoms with Gasteiger partial charge in [-0.15, -0.1) is 5.11 Å². The number of nitrogens with one attached hydrogen (secondary N) is 7. The molecule has 0 saturated carbocycles. The molecule has 0 bridgehead atoms. The van der Waals surface area contributed by atoms with Crippen molar-refractivity contribution in [3.8, 4) is 5.75 Å². The molecule has 0 fully saturated rings. The van der Waals surface area contributed by atoms with Crippen molar-refractivity contribution in [2.24, 2.45) is 30.7 Å². The van der Waals surface area contributed by atoms with Crippen molar-refractivity contribution in [3.05, 3.63) is 252 Å². The van der Waals surface area contributed by atoms with Gasteiger partial charge in [-0.2, -0.15) is 40.5 Å². The van der Waals surface area contributed by atoms with E-state index in [1.165, 1.54) is 106 Å². The van der Waals surface area contributed by atoms with E-state index in [1.807, 2.05) is 86.5 Å². The number of sulfone groups is 1. The predicted molar refractivity (Wildman–Crippen MR) is 473 cm³/mol. The summed E-state index contributed by atoms with van der Waals surface area (Å²) in [6, 6.07) is 54.5. The van der Waals surface area contributed by atoms with Gasteiger partial charge in [-0.1, -0.05) is 30.3 Å². The number of amides is 2. The Kier molecular flexibility index (Phi) is 40.5. The number of aromatic nitrogens is 3. The number of benzene rings is 11. The second-order valence-electron chi connectivity index (χ2n) is 27.9. The average molecular weight is 1950 g/mol. The van der Waals surface area contributed by atoms with Crippen LogP contribution in [-0.4, -0.2) is 172 Å². The molecule has 50 heteroatoms. The zero-order chi connectivity index (χ0) is 93.5. The molecule has 40 nitrogen and oxygen atoms in total. The number of hydrogen-bond donors (Lipinski definition) is 11. The quantitative estimate of drug-likeness (QED) is 0.0142. The molecule has 12 aromatic rings. The number of carbonyl (C=O) groups is 2. The Balaban J connectivity index is 0.000000287. The first-order valence-corrected chi connectivity index (χ1v) is 46.3. The van der Waals surface area contributed by atoms with Crippen molar-refractivity contribution in [2.75, 3.05) is 98.4 Å². The summed E-state index contributed by atoms with van der Waals surface area (Å²) < 4.78 is 193. The number of aliphatic hydroxyl groups excluding tert-OH is 2. The van der Waals surface area contributed by atoms with Crippen molar-refractivity contribution < 1.29 is 212 Å². The number of phenolic OH excluding ortho intramolecular Hbond substituents is 1. The average Bonchev–Trinajstić information content (AvgIpc) is 0.730. The smallest absolute Gasteiger partial charge is 0.744 e. The Morgan fingerprint density at radius 2 is 0.902 bits per heavy atom. The van der Waals surface area contributed by atoms with E-state index in [0.717, 1.165) is 59.1 Å². The maximum atomic E-state index is 12.5. The third-order valence-electron chi connectivity index (χ3n) is 18.5. The molecule has 670 valence electrons. The minimum absolute atomic E-state index is 0. The van der Waals surface area contributed by atoms with Crippen LogP contribution in [0.1, 0.15) is 57.6 Å². The number of phenols is 1. The molecule has 12 N–H and O–H groups in total. The Bertz CT molecular complexity index is 7000. The number of rotatable bonds is 26. The third kappa shape index (κ3) is 29.7. The summed E-state index contributed by atoms with van der Waals surface area (Å²) in [7, 11) is -14.6. The SMILES string of the molecule is CNC(=O)c1ccc(N=Nc2ccc(N(C)C)cc2)cc1.CNCCS(=O)(=O)c1ccc(N=Nc2c(S(=O)(=O)[O-])cc3ccc(NC(C)=O)cc3c2O)cc1.CNS(=O)(=O)c1ccc(N=Nc2ccc(N(C)C)cc2)cc1.Cc1nc(Nc2ccc(S(=O)(=O)[O-])cc2)nc(Nc2ccc(Nc3cc(S(=O)(=O)[O-])c(N)c4c3C(O)c3ccccc3C4O)cc2S(=O)(=O)[O-])n1.[Na+].[Na+].[Na+].[Na+]. The molecule has 11 aromatic carbocycles. The Labute approximate surface area is 849 Å². The molecule has 2 unspecified atom stereocenters. The second kappa shape index (κ2) is 48.0. The van der Waals surface area contributed by atoms with E-state index in [-0.39, 0.29) is 231 Å². The first-order chi connectivity index (χ1) is 60.2. The van der Waals surface area contributed by atoms with Gasteiger partial charge in [-0.25, -0.2) is 55.2 Å². The monoisotopic (exact) mass is 1950 g/mol. The molecule has 0 spiro atoms. The first-order valence-electron chi connectivity index (χ1n) is 37.5. The Hall–Kier alpha value is -9.59. The number of anilines is 10. The van der Waals surface area contributed by atoms with Gasteiger partial charge in [0.05, 0.1) is 74.9 Å². The van der Waals surface area contributed by atoms with Crippen LogP contribution in [0.15, 0.2) is 278 Å². The number of sulfonamides is 1. The fraction of sp³-hybridized carbons (Fsp3) is 0.159. The van der Waals surface area contributed by atoms with E-state index in [2.05, 4.69) is 82.3 Å². The van der Waals surface area contributed by atoms with E-state index in [9.17, 15) is 93.6 Å². The Morgan fingerprint density at radius 1 is 0.462 bits per heavy atom. The number of nitrogens with two attached hydrogens (primary N) is 1. The largest absolute Gasteiger partial charge is 1.00 e. The molecule has 1 aliphatic rings. The van der Waals surface area contributed by atoms with Gasteiger partial charge in [-0.3, -0.25) is 9.59 Å². The summed E-state index contributed by atoms with van der Waals surface area (Å²) >= 11 is 0. The van der Waals surface area contributed by atoms with Gasteiger partial charge in [0, 0.05) is 105 Å². The molecule has 1 aromatic heterocycles. The molecular formula is C82H81N19Na4O21S6. The van der Waals surface area contributed by atoms with Crippen LogP contribution in [0, 0.1) is 6.92 Å². The van der Waals surface area contributed by atoms with Crippen LogP contribution >= 0.6 is 0 Å². The standard InChI is InChI=1S/C30H27N7O11S3.C21H22N4O7S2.C16H18N4O.C15H18N4O2S.4Na/c1-14-32-29(35-15-6-9-17(10-7-15)49(40,41)42)37-30(33-14)36-20-11-8-16(12-22(20)50(43,44)45)34-21-13-23(51(46,47)48)26(31)25-24(21)27(38)18-4-2-3-5-19(18)28(25)39;1-13(26)23-16-4-3-14-11-19(34(30,31)32)20(21(27)18(14)12-16)25-24-15-5-7-17(8-6-15)33(28,29)10-9-22-2;1-17-16(21)12-4-6-13(7-5-12)18-19-14-8-10-15(11-9-14)20(2)3;1-16-22(20,21)15-10-6-13(7-11-15)18-17-12-4-8-14(9-5-12)19(2)3;;;;/h2-13,27-28,34,38-39H,31H2,1H3,(H,40,41,42)(H,43,44,45)(H,46,47,48)(H2,32,33,35,36,37);3-8,11-12,22,27H,9-10H2,1-2H3,(H,23,26)(H,30,31,32);4-11H,1-3H3,(H,17,21);4-11,16H,1-3H3;;;;/q;;;;4*+1/p-4. The van der Waals surface area contributed by atoms with E-state index in [0.29, 0.717) is 22.6 Å². The molecule has 2 amide bonds. The molecular weight excluding hydrogens is 1870 g/mol. The molecule has 2 atom stereocenters. The molecule has 0 aliphatic heterocycles. The van der Waals surface area contributed by atoms with E-state index in [4.69, 9.17) is 5.73 Å². The van der Waals surface area contributed by atoms with Crippen LogP contribution in [0.2, 0.25) is 0 Å². The van der Waals surface area contributed by atoms with Crippen LogP contribution in [0.4, 0.5) is 91.5 Å². The van der Waals surface area contributed by atoms with Crippen LogP contribution in [0.3, 0.4) is 0 Å². The maximum Gasteiger partial charge on any atom is 1.00 e. The zero-order valence-corrected chi connectivity index (χ0v) is 85.9. The number of aromatic hydroxyl groups is 1. The first kappa shape index (κ1) is 111. The summed E-state index contributed by atoms with van der Waals surface area (Å²) in [6.07, 6.45) is -3.04. The van der Waals surface area contributed by atoms with Crippen LogP contribution in [0.25, 0.3) is 10.8 Å². The van der Waals surface area contributed by atoms with Crippen molar-refractivity contribution >= 4 is 174 Å². The van der Waals surface area contributed by atoms with Crippen LogP contribution in [0.5, 0.6) is 5.75 Å². The van der Waals surface area contributed by atoms with Gasteiger partial charge in [0.1, 0.15) is 64.2 Å². The number of nitrogen functional groups attached to an aromatic ring is 1. The molecule has 0 saturated heterocycles. The summed E-state index contributed by atoms with van der Waals surface area (Å²) in [4.78, 5) is 36.4. The second-order valence-corrected chi connectivity index (χ2v) is 37.3. The fourth-order valence-electron chi connectivity index (χ4n) is 12.1. The van der Waals surface area contributed by atoms with E-state index < -0.39 is 109 Å². The minimum Gasteiger partial charge on any atom is -0.744 e. The summed E-state index contributed by atoms with van der Waals surface area (Å²) in [5.74, 6) is -1.34. The predicted octanol–water partition coefficient (Wildman–Crippen LogP) is -0.382. The number of fused-ring (bicyclic) bond motifs is 3. The number of carbonyl (C=O) groups excluding carboxylic acids is 2. The van der Waals surface area contributed by atoms with E-state index in [1.54, 1.807) is 62.6 Å². The van der Waals surface area contributed by atoms with Crippen LogP contribution < -0.4 is 170 Å². The number of aliphatic hydroxyl groups is 2. The summed E-state index contributed by atoms with van der Waals surface area (Å²) in [6.45, 7) is 3.06. The molecule has 13 rings (SSSR count). The van der Waals surface area contributed by atoms with Gasteiger partial charge >= 0.3 is 118 Å². The number of hydrogen-bond acceptors (Lipinski definition) is 37. The van der Waals surface area contributed by atoms with Gasteiger partial charge in [-0.05, 0) is 226 Å². The maximum absolute atomic E-state index is 12.5. The van der Waals surface area contributed by atoms with Crippen molar-refractivity contribution in [1.29, 1.82) is 0 Å². The van der Waals surface area contributed by atoms with Crippen molar-refractivity contribution in [3.63, 3.8) is 0 Å². The normalized spacial score (nSPS) is 12.9. The van der Waals surface area contributed by atoms with Gasteiger partial charge in [0.15, 0.2) is 15.6 Å². The minimum atomic E-state index is -5.24. The molecule has 1 aliphatic carbocycles. The number of nitrogens with zero attached hydrogens (tertiary/aromatic N) is 11. The van der Waals surface area contributed by atoms with Crippen LogP contribution in [-0.2, 0) is 65.1 Å².